The minimum absolute atomic E-state index is 0.157. The molecule has 1 saturated heterocycles. The molecule has 1 N–H and O–H groups in total. The molecule has 0 aliphatic carbocycles. The maximum absolute atomic E-state index is 11.3. The molecule has 25 heavy (non-hydrogen) atoms. The number of aromatic nitrogens is 2. The van der Waals surface area contributed by atoms with Crippen molar-refractivity contribution in [3.63, 3.8) is 0 Å². The summed E-state index contributed by atoms with van der Waals surface area (Å²) in [7, 11) is 0. The van der Waals surface area contributed by atoms with E-state index in [9.17, 15) is 4.79 Å². The quantitative estimate of drug-likeness (QED) is 0.864. The first-order valence-corrected chi connectivity index (χ1v) is 9.01. The predicted molar refractivity (Wildman–Crippen MR) is 101 cm³/mol. The van der Waals surface area contributed by atoms with Crippen molar-refractivity contribution in [3.8, 4) is 5.69 Å². The molecule has 1 fully saturated rings. The van der Waals surface area contributed by atoms with E-state index >= 15 is 0 Å². The fourth-order valence-corrected chi connectivity index (χ4v) is 3.34. The molecule has 2 heterocycles. The highest BCUT2D eigenvalue weighted by Gasteiger charge is 2.17. The van der Waals surface area contributed by atoms with E-state index in [0.717, 1.165) is 50.8 Å². The van der Waals surface area contributed by atoms with Crippen LogP contribution in [0.25, 0.3) is 5.69 Å². The van der Waals surface area contributed by atoms with Crippen LogP contribution in [-0.4, -0.2) is 64.8 Å². The van der Waals surface area contributed by atoms with Gasteiger partial charge in [0.25, 0.3) is 0 Å². The molecule has 134 valence electrons. The second-order valence-electron chi connectivity index (χ2n) is 6.02. The van der Waals surface area contributed by atoms with Gasteiger partial charge in [0.1, 0.15) is 5.82 Å². The molecule has 0 radical (unpaired) electrons. The van der Waals surface area contributed by atoms with Crippen molar-refractivity contribution in [1.29, 1.82) is 0 Å². The van der Waals surface area contributed by atoms with Crippen LogP contribution in [0.5, 0.6) is 0 Å². The van der Waals surface area contributed by atoms with E-state index in [-0.39, 0.29) is 5.91 Å². The van der Waals surface area contributed by atoms with E-state index in [1.54, 1.807) is 23.7 Å². The predicted octanol–water partition coefficient (Wildman–Crippen LogP) is 2.76. The van der Waals surface area contributed by atoms with Gasteiger partial charge in [-0.2, -0.15) is 5.10 Å². The van der Waals surface area contributed by atoms with Crippen LogP contribution in [0.3, 0.4) is 0 Å². The van der Waals surface area contributed by atoms with Crippen molar-refractivity contribution in [2.75, 3.05) is 44.6 Å². The van der Waals surface area contributed by atoms with Crippen molar-refractivity contribution >= 4 is 34.9 Å². The first-order valence-electron chi connectivity index (χ1n) is 8.26. The second-order valence-corrected chi connectivity index (χ2v) is 6.86. The van der Waals surface area contributed by atoms with Gasteiger partial charge in [0.2, 0.25) is 5.91 Å². The molecule has 0 unspecified atom stereocenters. The standard InChI is InChI=1S/C17H21Cl2N5O/c1-13(25)23-10-8-22(9-11-23)7-5-20-17-4-6-24(21-17)16-3-2-14(18)12-15(16)19/h2-4,6,12H,5,7-11H2,1H3,(H,20,21). The highest BCUT2D eigenvalue weighted by molar-refractivity contribution is 6.35. The maximum atomic E-state index is 11.3. The average molecular weight is 382 g/mol. The van der Waals surface area contributed by atoms with Crippen molar-refractivity contribution in [2.24, 2.45) is 0 Å². The van der Waals surface area contributed by atoms with E-state index in [0.29, 0.717) is 10.0 Å². The Kier molecular flexibility index (Phi) is 5.83. The zero-order chi connectivity index (χ0) is 17.8. The lowest BCUT2D eigenvalue weighted by Crippen LogP contribution is -2.49. The highest BCUT2D eigenvalue weighted by atomic mass is 35.5. The zero-order valence-electron chi connectivity index (χ0n) is 14.1. The van der Waals surface area contributed by atoms with Gasteiger partial charge in [0, 0.05) is 63.5 Å². The Balaban J connectivity index is 1.49. The van der Waals surface area contributed by atoms with Crippen LogP contribution in [0.2, 0.25) is 10.0 Å². The van der Waals surface area contributed by atoms with E-state index < -0.39 is 0 Å². The highest BCUT2D eigenvalue weighted by Crippen LogP contribution is 2.24. The number of hydrogen-bond donors (Lipinski definition) is 1. The van der Waals surface area contributed by atoms with Crippen molar-refractivity contribution in [1.82, 2.24) is 19.6 Å². The molecule has 0 atom stereocenters. The smallest absolute Gasteiger partial charge is 0.219 e. The Hall–Kier alpha value is -1.76. The van der Waals surface area contributed by atoms with Gasteiger partial charge in [-0.15, -0.1) is 0 Å². The van der Waals surface area contributed by atoms with E-state index in [1.165, 1.54) is 0 Å². The lowest BCUT2D eigenvalue weighted by atomic mass is 10.3. The zero-order valence-corrected chi connectivity index (χ0v) is 15.6. The molecule has 8 heteroatoms. The lowest BCUT2D eigenvalue weighted by molar-refractivity contribution is -0.130. The Morgan fingerprint density at radius 1 is 1.20 bits per heavy atom. The number of benzene rings is 1. The molecule has 1 aromatic heterocycles. The average Bonchev–Trinajstić information content (AvgIpc) is 3.04. The van der Waals surface area contributed by atoms with Crippen LogP contribution in [0.4, 0.5) is 5.82 Å². The second kappa shape index (κ2) is 8.08. The summed E-state index contributed by atoms with van der Waals surface area (Å²) in [5.41, 5.74) is 0.791. The molecule has 3 rings (SSSR count). The Labute approximate surface area is 157 Å². The van der Waals surface area contributed by atoms with Gasteiger partial charge in [-0.3, -0.25) is 9.69 Å². The fraction of sp³-hybridized carbons (Fsp3) is 0.412. The molecule has 1 aliphatic heterocycles. The summed E-state index contributed by atoms with van der Waals surface area (Å²) < 4.78 is 1.73. The number of carbonyl (C=O) groups excluding carboxylic acids is 1. The van der Waals surface area contributed by atoms with Crippen LogP contribution < -0.4 is 5.32 Å². The summed E-state index contributed by atoms with van der Waals surface area (Å²) in [5.74, 6) is 0.956. The van der Waals surface area contributed by atoms with Gasteiger partial charge in [-0.25, -0.2) is 4.68 Å². The number of carbonyl (C=O) groups is 1. The number of nitrogens with one attached hydrogen (secondary N) is 1. The summed E-state index contributed by atoms with van der Waals surface area (Å²) in [6, 6.07) is 7.25. The van der Waals surface area contributed by atoms with Crippen LogP contribution in [0.1, 0.15) is 6.92 Å². The van der Waals surface area contributed by atoms with Gasteiger partial charge in [0.15, 0.2) is 0 Å². The van der Waals surface area contributed by atoms with Crippen LogP contribution in [-0.2, 0) is 4.79 Å². The van der Waals surface area contributed by atoms with E-state index in [1.807, 2.05) is 23.2 Å². The lowest BCUT2D eigenvalue weighted by Gasteiger charge is -2.34. The summed E-state index contributed by atoms with van der Waals surface area (Å²) in [6.07, 6.45) is 1.86. The van der Waals surface area contributed by atoms with Gasteiger partial charge in [-0.05, 0) is 18.2 Å². The van der Waals surface area contributed by atoms with Crippen molar-refractivity contribution < 1.29 is 4.79 Å². The molecule has 1 aliphatic rings. The Bertz CT molecular complexity index is 740. The summed E-state index contributed by atoms with van der Waals surface area (Å²) in [6.45, 7) is 6.77. The molecule has 1 amide bonds. The number of amides is 1. The SMILES string of the molecule is CC(=O)N1CCN(CCNc2ccn(-c3ccc(Cl)cc3Cl)n2)CC1. The molecule has 0 bridgehead atoms. The third-order valence-corrected chi connectivity index (χ3v) is 4.84. The molecule has 0 saturated carbocycles. The van der Waals surface area contributed by atoms with Gasteiger partial charge in [0.05, 0.1) is 10.7 Å². The maximum Gasteiger partial charge on any atom is 0.219 e. The van der Waals surface area contributed by atoms with Crippen molar-refractivity contribution in [2.45, 2.75) is 6.92 Å². The first-order chi connectivity index (χ1) is 12.0. The third kappa shape index (κ3) is 4.66. The summed E-state index contributed by atoms with van der Waals surface area (Å²) >= 11 is 12.1. The molecule has 1 aromatic carbocycles. The normalized spacial score (nSPS) is 15.4. The largest absolute Gasteiger partial charge is 0.367 e. The van der Waals surface area contributed by atoms with Crippen LogP contribution in [0, 0.1) is 0 Å². The van der Waals surface area contributed by atoms with E-state index in [4.69, 9.17) is 23.2 Å². The minimum Gasteiger partial charge on any atom is -0.367 e. The number of hydrogen-bond acceptors (Lipinski definition) is 4. The number of anilines is 1. The van der Waals surface area contributed by atoms with Gasteiger partial charge >= 0.3 is 0 Å². The summed E-state index contributed by atoms with van der Waals surface area (Å²) in [5, 5.41) is 8.98. The first kappa shape index (κ1) is 18.0. The minimum atomic E-state index is 0.157. The van der Waals surface area contributed by atoms with Gasteiger partial charge < -0.3 is 10.2 Å². The van der Waals surface area contributed by atoms with E-state index in [2.05, 4.69) is 15.3 Å². The number of piperazine rings is 1. The third-order valence-electron chi connectivity index (χ3n) is 4.30. The molecule has 6 nitrogen and oxygen atoms in total. The topological polar surface area (TPSA) is 53.4 Å². The number of halogens is 2. The molecular weight excluding hydrogens is 361 g/mol. The van der Waals surface area contributed by atoms with Crippen LogP contribution >= 0.6 is 23.2 Å². The number of rotatable bonds is 5. The Morgan fingerprint density at radius 3 is 2.64 bits per heavy atom. The molecule has 0 spiro atoms. The van der Waals surface area contributed by atoms with Gasteiger partial charge in [-0.1, -0.05) is 23.2 Å². The Morgan fingerprint density at radius 2 is 1.96 bits per heavy atom. The number of nitrogens with zero attached hydrogens (tertiary/aromatic N) is 4. The molecular formula is C17H21Cl2N5O. The fourth-order valence-electron chi connectivity index (χ4n) is 2.85. The van der Waals surface area contributed by atoms with Crippen molar-refractivity contribution in [3.05, 3.63) is 40.5 Å². The molecule has 2 aromatic rings. The monoisotopic (exact) mass is 381 g/mol. The van der Waals surface area contributed by atoms with Crippen LogP contribution in [0.15, 0.2) is 30.5 Å². The summed E-state index contributed by atoms with van der Waals surface area (Å²) in [4.78, 5) is 15.6.